The van der Waals surface area contributed by atoms with Gasteiger partial charge in [-0.3, -0.25) is 9.78 Å². The second kappa shape index (κ2) is 5.83. The number of carbonyl (C=O) groups is 1. The molecule has 2 aromatic heterocycles. The van der Waals surface area contributed by atoms with Crippen molar-refractivity contribution in [2.45, 2.75) is 16.9 Å². The quantitative estimate of drug-likeness (QED) is 0.712. The third-order valence-corrected chi connectivity index (χ3v) is 5.88. The molecule has 2 atom stereocenters. The molecule has 0 bridgehead atoms. The lowest BCUT2D eigenvalue weighted by atomic mass is 10.0. The lowest BCUT2D eigenvalue weighted by molar-refractivity contribution is 0.0767. The van der Waals surface area contributed by atoms with E-state index < -0.39 is 15.9 Å². The van der Waals surface area contributed by atoms with Gasteiger partial charge in [-0.05, 0) is 12.5 Å². The molecule has 1 fully saturated rings. The summed E-state index contributed by atoms with van der Waals surface area (Å²) in [6.07, 6.45) is 6.23. The molecule has 2 aliphatic rings. The molecule has 10 heteroatoms. The van der Waals surface area contributed by atoms with E-state index >= 15 is 0 Å². The third kappa shape index (κ3) is 2.88. The molecule has 0 aliphatic carbocycles. The second-order valence-corrected chi connectivity index (χ2v) is 7.70. The smallest absolute Gasteiger partial charge is 0.274 e. The van der Waals surface area contributed by atoms with E-state index in [1.54, 1.807) is 4.90 Å². The van der Waals surface area contributed by atoms with Gasteiger partial charge in [0.1, 0.15) is 17.8 Å². The van der Waals surface area contributed by atoms with Crippen molar-refractivity contribution in [3.63, 3.8) is 0 Å². The number of rotatable bonds is 1. The molecule has 1 saturated heterocycles. The number of fused-ring (bicyclic) bond motifs is 1. The molecular formula is C15H15N5O4S. The molecule has 0 aromatic carbocycles. The van der Waals surface area contributed by atoms with Crippen LogP contribution >= 0.6 is 0 Å². The molecule has 1 N–H and O–H groups in total. The number of nitrogens with one attached hydrogen (secondary N) is 1. The van der Waals surface area contributed by atoms with E-state index in [1.807, 2.05) is 0 Å². The Morgan fingerprint density at radius 3 is 3.04 bits per heavy atom. The molecule has 9 nitrogen and oxygen atoms in total. The number of hydrogen-bond acceptors (Lipinski definition) is 7. The molecule has 0 saturated carbocycles. The minimum atomic E-state index is -3.79. The number of amides is 1. The zero-order valence-electron chi connectivity index (χ0n) is 13.1. The Morgan fingerprint density at radius 1 is 1.36 bits per heavy atom. The van der Waals surface area contributed by atoms with Crippen LogP contribution in [0.1, 0.15) is 16.9 Å². The van der Waals surface area contributed by atoms with E-state index in [0.29, 0.717) is 13.0 Å². The summed E-state index contributed by atoms with van der Waals surface area (Å²) in [5.41, 5.74) is -0.667. The lowest BCUT2D eigenvalue weighted by Gasteiger charge is -2.28. The average Bonchev–Trinajstić information content (AvgIpc) is 2.99. The number of nitrogens with zero attached hydrogens (tertiary/aromatic N) is 4. The zero-order chi connectivity index (χ0) is 17.5. The summed E-state index contributed by atoms with van der Waals surface area (Å²) in [5, 5.41) is 0. The van der Waals surface area contributed by atoms with Gasteiger partial charge in [-0.2, -0.15) is 0 Å². The van der Waals surface area contributed by atoms with Crippen LogP contribution in [0.2, 0.25) is 0 Å². The van der Waals surface area contributed by atoms with E-state index in [-0.39, 0.29) is 35.5 Å². The fourth-order valence-corrected chi connectivity index (χ4v) is 4.59. The molecular weight excluding hydrogens is 346 g/mol. The number of ether oxygens (including phenoxy) is 1. The van der Waals surface area contributed by atoms with Crippen LogP contribution in [0.25, 0.3) is 0 Å². The van der Waals surface area contributed by atoms with Gasteiger partial charge >= 0.3 is 0 Å². The minimum Gasteiger partial charge on any atom is -0.593 e. The van der Waals surface area contributed by atoms with Crippen molar-refractivity contribution in [1.29, 1.82) is 0 Å². The van der Waals surface area contributed by atoms with Crippen molar-refractivity contribution >= 4 is 16.3 Å². The van der Waals surface area contributed by atoms with Gasteiger partial charge in [0.2, 0.25) is 4.90 Å². The van der Waals surface area contributed by atoms with Crippen LogP contribution in [-0.4, -0.2) is 55.5 Å². The van der Waals surface area contributed by atoms with E-state index in [0.717, 1.165) is 0 Å². The fourth-order valence-electron chi connectivity index (χ4n) is 3.08. The largest absolute Gasteiger partial charge is 0.593 e. The van der Waals surface area contributed by atoms with Gasteiger partial charge in [0.25, 0.3) is 11.8 Å². The Hall–Kier alpha value is -2.43. The zero-order valence-corrected chi connectivity index (χ0v) is 13.9. The first kappa shape index (κ1) is 16.1. The monoisotopic (exact) mass is 361 g/mol. The standard InChI is InChI=1S/C15H15N5O4S/c21-14(11-8-16-5-6-17-11)20-7-3-15(9-20)10-24-13-12(2-1-4-18-13)25(22,23)19-15/h1-2,4-6,8H,3,7,9-10H2,(H-,19,22,23). The van der Waals surface area contributed by atoms with Crippen LogP contribution in [0.3, 0.4) is 0 Å². The molecule has 4 rings (SSSR count). The summed E-state index contributed by atoms with van der Waals surface area (Å²) in [6.45, 7) is 0.682. The number of likely N-dealkylation sites (tertiary alicyclic amines) is 1. The van der Waals surface area contributed by atoms with E-state index in [4.69, 9.17) is 4.74 Å². The van der Waals surface area contributed by atoms with Gasteiger partial charge in [-0.25, -0.2) is 9.97 Å². The molecule has 1 amide bonds. The molecule has 2 unspecified atom stereocenters. The molecule has 130 valence electrons. The Morgan fingerprint density at radius 2 is 2.24 bits per heavy atom. The maximum absolute atomic E-state index is 12.6. The van der Waals surface area contributed by atoms with Crippen molar-refractivity contribution in [3.8, 4) is 5.88 Å². The SMILES string of the molecule is O=C(c1cnccn1)N1CCC2(COc3ncccc3[S+](=O)([O-])N2)C1. The third-order valence-electron chi connectivity index (χ3n) is 4.29. The Balaban J connectivity index is 1.59. The topological polar surface area (TPSA) is 120 Å². The van der Waals surface area contributed by atoms with Gasteiger partial charge in [-0.1, -0.05) is 4.21 Å². The Labute approximate surface area is 144 Å². The van der Waals surface area contributed by atoms with Crippen molar-refractivity contribution in [2.24, 2.45) is 0 Å². The predicted molar refractivity (Wildman–Crippen MR) is 85.2 cm³/mol. The molecule has 2 aliphatic heterocycles. The van der Waals surface area contributed by atoms with Crippen LogP contribution < -0.4 is 9.46 Å². The normalized spacial score (nSPS) is 28.3. The van der Waals surface area contributed by atoms with Crippen molar-refractivity contribution in [1.82, 2.24) is 24.6 Å². The molecule has 25 heavy (non-hydrogen) atoms. The van der Waals surface area contributed by atoms with Gasteiger partial charge in [0, 0.05) is 37.7 Å². The molecule has 4 heterocycles. The molecule has 2 aromatic rings. The highest BCUT2D eigenvalue weighted by atomic mass is 32.3. The van der Waals surface area contributed by atoms with Crippen LogP contribution in [0.5, 0.6) is 5.88 Å². The number of sulfonamides is 1. The highest BCUT2D eigenvalue weighted by Crippen LogP contribution is 2.33. The minimum absolute atomic E-state index is 0.00516. The maximum atomic E-state index is 12.6. The van der Waals surface area contributed by atoms with Crippen LogP contribution in [0.15, 0.2) is 41.8 Å². The van der Waals surface area contributed by atoms with Crippen molar-refractivity contribution in [2.75, 3.05) is 19.7 Å². The van der Waals surface area contributed by atoms with E-state index in [1.165, 1.54) is 36.9 Å². The van der Waals surface area contributed by atoms with Crippen LogP contribution in [0.4, 0.5) is 0 Å². The number of aromatic nitrogens is 3. The summed E-state index contributed by atoms with van der Waals surface area (Å²) in [4.78, 5) is 26.0. The summed E-state index contributed by atoms with van der Waals surface area (Å²) < 4.78 is 33.6. The highest BCUT2D eigenvalue weighted by Gasteiger charge is 2.49. The van der Waals surface area contributed by atoms with Crippen molar-refractivity contribution < 1.29 is 18.3 Å². The summed E-state index contributed by atoms with van der Waals surface area (Å²) in [5.74, 6) is -0.213. The first-order valence-electron chi connectivity index (χ1n) is 7.66. The Bertz CT molecular complexity index is 864. The number of carbonyl (C=O) groups excluding carboxylic acids is 1. The number of pyridine rings is 1. The van der Waals surface area contributed by atoms with Gasteiger partial charge < -0.3 is 14.2 Å². The number of hydrogen-bond donors (Lipinski definition) is 1. The Kier molecular flexibility index (Phi) is 3.74. The van der Waals surface area contributed by atoms with Crippen LogP contribution in [0, 0.1) is 0 Å². The van der Waals surface area contributed by atoms with E-state index in [2.05, 4.69) is 19.7 Å². The van der Waals surface area contributed by atoms with E-state index in [9.17, 15) is 13.6 Å². The highest BCUT2D eigenvalue weighted by molar-refractivity contribution is 7.96. The summed E-state index contributed by atoms with van der Waals surface area (Å²) in [7, 11) is -3.79. The summed E-state index contributed by atoms with van der Waals surface area (Å²) in [6, 6.07) is 2.99. The second-order valence-electron chi connectivity index (χ2n) is 6.05. The van der Waals surface area contributed by atoms with Crippen molar-refractivity contribution in [3.05, 3.63) is 42.6 Å². The fraction of sp³-hybridized carbons (Fsp3) is 0.333. The lowest BCUT2D eigenvalue weighted by Crippen LogP contribution is -2.55. The summed E-state index contributed by atoms with van der Waals surface area (Å²) >= 11 is 0. The maximum Gasteiger partial charge on any atom is 0.274 e. The van der Waals surface area contributed by atoms with Crippen LogP contribution in [-0.2, 0) is 14.6 Å². The first-order valence-corrected chi connectivity index (χ1v) is 9.15. The van der Waals surface area contributed by atoms with Gasteiger partial charge in [0.05, 0.1) is 6.20 Å². The van der Waals surface area contributed by atoms with Gasteiger partial charge in [-0.15, -0.1) is 4.72 Å². The predicted octanol–water partition coefficient (Wildman–Crippen LogP) is 0.0423. The molecule has 1 spiro atoms. The first-order chi connectivity index (χ1) is 12.0. The average molecular weight is 361 g/mol. The van der Waals surface area contributed by atoms with Gasteiger partial charge in [0.15, 0.2) is 10.4 Å². The molecule has 0 radical (unpaired) electrons.